The van der Waals surface area contributed by atoms with E-state index in [1.165, 1.54) is 121 Å². The first-order chi connectivity index (χ1) is 18.3. The highest BCUT2D eigenvalue weighted by atomic mass is 16.5. The Labute approximate surface area is 228 Å². The second-order valence-corrected chi connectivity index (χ2v) is 11.5. The molecule has 1 aliphatic rings. The van der Waals surface area contributed by atoms with Crippen LogP contribution in [0.3, 0.4) is 0 Å². The molecule has 0 saturated heterocycles. The zero-order valence-electron chi connectivity index (χ0n) is 24.1. The van der Waals surface area contributed by atoms with Gasteiger partial charge in [0, 0.05) is 18.0 Å². The van der Waals surface area contributed by atoms with E-state index < -0.39 is 0 Å². The van der Waals surface area contributed by atoms with Gasteiger partial charge < -0.3 is 4.74 Å². The third-order valence-corrected chi connectivity index (χ3v) is 8.37. The van der Waals surface area contributed by atoms with Gasteiger partial charge in [-0.25, -0.2) is 9.97 Å². The highest BCUT2D eigenvalue weighted by Crippen LogP contribution is 2.36. The van der Waals surface area contributed by atoms with Crippen molar-refractivity contribution in [3.63, 3.8) is 0 Å². The van der Waals surface area contributed by atoms with Crippen molar-refractivity contribution in [2.45, 2.75) is 136 Å². The molecule has 3 nitrogen and oxygen atoms in total. The number of rotatable bonds is 19. The van der Waals surface area contributed by atoms with Crippen LogP contribution in [0, 0.1) is 11.8 Å². The number of ether oxygens (including phenoxy) is 1. The molecule has 1 saturated carbocycles. The van der Waals surface area contributed by atoms with Crippen LogP contribution in [0.15, 0.2) is 36.7 Å². The molecule has 1 heterocycles. The minimum Gasteiger partial charge on any atom is -0.494 e. The highest BCUT2D eigenvalue weighted by molar-refractivity contribution is 5.55. The summed E-state index contributed by atoms with van der Waals surface area (Å²) in [5.41, 5.74) is 2.29. The fraction of sp³-hybridized carbons (Fsp3) is 0.706. The van der Waals surface area contributed by atoms with Gasteiger partial charge in [0.15, 0.2) is 5.82 Å². The van der Waals surface area contributed by atoms with Crippen LogP contribution < -0.4 is 4.74 Å². The van der Waals surface area contributed by atoms with Crippen molar-refractivity contribution >= 4 is 0 Å². The summed E-state index contributed by atoms with van der Waals surface area (Å²) in [6.45, 7) is 5.36. The fourth-order valence-corrected chi connectivity index (χ4v) is 6.03. The Kier molecular flexibility index (Phi) is 14.7. The van der Waals surface area contributed by atoms with Gasteiger partial charge in [0.1, 0.15) is 5.75 Å². The first kappa shape index (κ1) is 29.7. The predicted octanol–water partition coefficient (Wildman–Crippen LogP) is 10.4. The van der Waals surface area contributed by atoms with E-state index in [1.54, 1.807) is 0 Å². The summed E-state index contributed by atoms with van der Waals surface area (Å²) >= 11 is 0. The quantitative estimate of drug-likeness (QED) is 0.178. The summed E-state index contributed by atoms with van der Waals surface area (Å²) in [7, 11) is 0. The van der Waals surface area contributed by atoms with Gasteiger partial charge >= 0.3 is 0 Å². The van der Waals surface area contributed by atoms with E-state index in [1.807, 2.05) is 12.4 Å². The van der Waals surface area contributed by atoms with Crippen LogP contribution in [0.4, 0.5) is 0 Å². The standard InChI is InChI=1S/C34H54N2O/c1-3-5-7-8-9-10-11-13-18-30-19-14-15-20-31(30)21-16-26-37-33-24-22-32(23-25-33)34-35-27-29(28-36-34)17-12-6-4-2/h22-25,27-28,30-31H,3-21,26H2,1-2H3. The van der Waals surface area contributed by atoms with E-state index in [4.69, 9.17) is 4.74 Å². The minimum absolute atomic E-state index is 0.797. The van der Waals surface area contributed by atoms with E-state index >= 15 is 0 Å². The lowest BCUT2D eigenvalue weighted by molar-refractivity contribution is 0.190. The Bertz CT molecular complexity index is 817. The Morgan fingerprint density at radius 2 is 1.24 bits per heavy atom. The molecule has 1 aromatic carbocycles. The van der Waals surface area contributed by atoms with Crippen LogP contribution in [-0.4, -0.2) is 16.6 Å². The van der Waals surface area contributed by atoms with Gasteiger partial charge in [0.05, 0.1) is 6.61 Å². The number of aromatic nitrogens is 2. The Hall–Kier alpha value is -1.90. The molecule has 0 amide bonds. The van der Waals surface area contributed by atoms with Gasteiger partial charge in [-0.2, -0.15) is 0 Å². The summed E-state index contributed by atoms with van der Waals surface area (Å²) < 4.78 is 6.11. The number of unbranched alkanes of at least 4 members (excludes halogenated alkanes) is 9. The van der Waals surface area contributed by atoms with E-state index in [0.717, 1.165) is 42.0 Å². The van der Waals surface area contributed by atoms with Gasteiger partial charge in [-0.15, -0.1) is 0 Å². The van der Waals surface area contributed by atoms with Crippen molar-refractivity contribution in [2.24, 2.45) is 11.8 Å². The van der Waals surface area contributed by atoms with Crippen molar-refractivity contribution in [1.29, 1.82) is 0 Å². The Balaban J connectivity index is 1.31. The van der Waals surface area contributed by atoms with Crippen LogP contribution in [0.25, 0.3) is 11.4 Å². The molecule has 206 valence electrons. The molecule has 0 aliphatic heterocycles. The fourth-order valence-electron chi connectivity index (χ4n) is 6.03. The second kappa shape index (κ2) is 18.4. The third-order valence-electron chi connectivity index (χ3n) is 8.37. The SMILES string of the molecule is CCCCCCCCCCC1CCCCC1CCCOc1ccc(-c2ncc(CCCCC)cn2)cc1. The van der Waals surface area contributed by atoms with Crippen LogP contribution in [0.1, 0.15) is 135 Å². The van der Waals surface area contributed by atoms with Crippen LogP contribution in [0.5, 0.6) is 5.75 Å². The van der Waals surface area contributed by atoms with Gasteiger partial charge in [-0.05, 0) is 67.3 Å². The molecule has 2 unspecified atom stereocenters. The number of aryl methyl sites for hydroxylation is 1. The van der Waals surface area contributed by atoms with E-state index in [-0.39, 0.29) is 0 Å². The van der Waals surface area contributed by atoms with Crippen LogP contribution >= 0.6 is 0 Å². The summed E-state index contributed by atoms with van der Waals surface area (Å²) in [4.78, 5) is 9.17. The first-order valence-corrected chi connectivity index (χ1v) is 15.8. The zero-order chi connectivity index (χ0) is 26.0. The largest absolute Gasteiger partial charge is 0.494 e. The molecule has 2 atom stereocenters. The normalized spacial score (nSPS) is 17.7. The van der Waals surface area contributed by atoms with Crippen molar-refractivity contribution < 1.29 is 4.74 Å². The van der Waals surface area contributed by atoms with Crippen molar-refractivity contribution in [1.82, 2.24) is 9.97 Å². The molecule has 0 bridgehead atoms. The lowest BCUT2D eigenvalue weighted by atomic mass is 9.74. The molecule has 37 heavy (non-hydrogen) atoms. The van der Waals surface area contributed by atoms with Gasteiger partial charge in [-0.1, -0.05) is 110 Å². The molecule has 0 radical (unpaired) electrons. The molecule has 0 N–H and O–H groups in total. The van der Waals surface area contributed by atoms with Crippen molar-refractivity contribution in [3.05, 3.63) is 42.2 Å². The average Bonchev–Trinajstić information content (AvgIpc) is 2.94. The number of benzene rings is 1. The van der Waals surface area contributed by atoms with Gasteiger partial charge in [-0.3, -0.25) is 0 Å². The summed E-state index contributed by atoms with van der Waals surface area (Å²) in [5.74, 6) is 3.64. The number of hydrogen-bond donors (Lipinski definition) is 0. The van der Waals surface area contributed by atoms with Crippen molar-refractivity contribution in [2.75, 3.05) is 6.61 Å². The molecule has 1 fully saturated rings. The van der Waals surface area contributed by atoms with Gasteiger partial charge in [0.2, 0.25) is 0 Å². The third kappa shape index (κ3) is 11.6. The molecule has 1 aromatic heterocycles. The maximum atomic E-state index is 6.11. The molecule has 0 spiro atoms. The Morgan fingerprint density at radius 3 is 1.89 bits per heavy atom. The smallest absolute Gasteiger partial charge is 0.159 e. The second-order valence-electron chi connectivity index (χ2n) is 11.5. The molecule has 3 heteroatoms. The van der Waals surface area contributed by atoms with Crippen molar-refractivity contribution in [3.8, 4) is 17.1 Å². The lowest BCUT2D eigenvalue weighted by Gasteiger charge is -2.32. The summed E-state index contributed by atoms with van der Waals surface area (Å²) in [5, 5.41) is 0. The minimum atomic E-state index is 0.797. The van der Waals surface area contributed by atoms with E-state index in [0.29, 0.717) is 0 Å². The molecular formula is C34H54N2O. The summed E-state index contributed by atoms with van der Waals surface area (Å²) in [6.07, 6.45) is 30.0. The van der Waals surface area contributed by atoms with E-state index in [9.17, 15) is 0 Å². The monoisotopic (exact) mass is 506 g/mol. The average molecular weight is 507 g/mol. The van der Waals surface area contributed by atoms with Crippen LogP contribution in [0.2, 0.25) is 0 Å². The number of nitrogens with zero attached hydrogens (tertiary/aromatic N) is 2. The topological polar surface area (TPSA) is 35.0 Å². The highest BCUT2D eigenvalue weighted by Gasteiger charge is 2.24. The molecule has 2 aromatic rings. The zero-order valence-corrected chi connectivity index (χ0v) is 24.1. The molecular weight excluding hydrogens is 452 g/mol. The predicted molar refractivity (Wildman–Crippen MR) is 158 cm³/mol. The van der Waals surface area contributed by atoms with Crippen LogP contribution in [-0.2, 0) is 6.42 Å². The molecule has 3 rings (SSSR count). The lowest BCUT2D eigenvalue weighted by Crippen LogP contribution is -2.20. The maximum absolute atomic E-state index is 6.11. The Morgan fingerprint density at radius 1 is 0.676 bits per heavy atom. The first-order valence-electron chi connectivity index (χ1n) is 15.8. The van der Waals surface area contributed by atoms with Gasteiger partial charge in [0.25, 0.3) is 0 Å². The maximum Gasteiger partial charge on any atom is 0.159 e. The molecule has 1 aliphatic carbocycles. The van der Waals surface area contributed by atoms with E-state index in [2.05, 4.69) is 48.1 Å². The number of hydrogen-bond acceptors (Lipinski definition) is 3. The summed E-state index contributed by atoms with van der Waals surface area (Å²) in [6, 6.07) is 8.31.